The van der Waals surface area contributed by atoms with Crippen molar-refractivity contribution in [2.24, 2.45) is 0 Å². The van der Waals surface area contributed by atoms with Gasteiger partial charge in [0.15, 0.2) is 15.6 Å². The SMILES string of the molecule is F[P-](F)(F)(F)(F)F.Fc1ccccc1[S+](c1ccccc1)c1ccccc1. The largest absolute Gasteiger partial charge is 0.202 e. The molecule has 0 heterocycles. The third-order valence-electron chi connectivity index (χ3n) is 3.01. The molecule has 0 aliphatic heterocycles. The molecule has 0 aliphatic rings. The van der Waals surface area contributed by atoms with Crippen LogP contribution in [0.4, 0.5) is 29.6 Å². The first kappa shape index (κ1) is 21.3. The molecule has 0 amide bonds. The first-order valence-electron chi connectivity index (χ1n) is 7.46. The standard InChI is InChI=1S/C18H14FS.F6P/c19-17-13-7-8-14-18(17)20(15-9-3-1-4-10-15)16-11-5-2-6-12-16;1-7(2,3,4,5)6/h1-14H;/q+1;-1. The normalized spacial score (nSPS) is 13.9. The van der Waals surface area contributed by atoms with E-state index in [0.717, 1.165) is 14.7 Å². The van der Waals surface area contributed by atoms with Crippen LogP contribution in [0.1, 0.15) is 0 Å². The van der Waals surface area contributed by atoms with E-state index in [1.807, 2.05) is 48.5 Å². The average molecular weight is 426 g/mol. The van der Waals surface area contributed by atoms with Crippen LogP contribution >= 0.6 is 7.81 Å². The Kier molecular flexibility index (Phi) is 5.64. The summed E-state index contributed by atoms with van der Waals surface area (Å²) in [5.41, 5.74) is 0. The van der Waals surface area contributed by atoms with Gasteiger partial charge >= 0.3 is 33.0 Å². The Morgan fingerprint density at radius 2 is 0.852 bits per heavy atom. The third-order valence-corrected chi connectivity index (χ3v) is 5.27. The summed E-state index contributed by atoms with van der Waals surface area (Å²) in [6.45, 7) is 0. The van der Waals surface area contributed by atoms with E-state index in [9.17, 15) is 29.6 Å². The summed E-state index contributed by atoms with van der Waals surface area (Å²) in [7, 11) is -11.1. The Morgan fingerprint density at radius 1 is 0.519 bits per heavy atom. The summed E-state index contributed by atoms with van der Waals surface area (Å²) in [5.74, 6) is -0.150. The van der Waals surface area contributed by atoms with Crippen molar-refractivity contribution < 1.29 is 29.6 Å². The summed E-state index contributed by atoms with van der Waals surface area (Å²) < 4.78 is 73.4. The molecule has 0 unspecified atom stereocenters. The molecule has 0 saturated heterocycles. The number of halogens is 7. The number of rotatable bonds is 3. The molecule has 0 bridgehead atoms. The van der Waals surface area contributed by atoms with Gasteiger partial charge in [-0.1, -0.05) is 48.5 Å². The van der Waals surface area contributed by atoms with Crippen LogP contribution in [0.5, 0.6) is 0 Å². The molecule has 0 radical (unpaired) electrons. The van der Waals surface area contributed by atoms with Crippen molar-refractivity contribution in [3.8, 4) is 0 Å². The van der Waals surface area contributed by atoms with Crippen LogP contribution in [0.15, 0.2) is 99.6 Å². The topological polar surface area (TPSA) is 0 Å². The van der Waals surface area contributed by atoms with Gasteiger partial charge in [0.1, 0.15) is 10.9 Å². The molecular weight excluding hydrogens is 412 g/mol. The summed E-state index contributed by atoms with van der Waals surface area (Å²) in [6.07, 6.45) is 0. The molecule has 9 heteroatoms. The van der Waals surface area contributed by atoms with Crippen molar-refractivity contribution in [1.82, 2.24) is 0 Å². The molecule has 3 aromatic rings. The van der Waals surface area contributed by atoms with E-state index in [2.05, 4.69) is 24.3 Å². The van der Waals surface area contributed by atoms with Crippen molar-refractivity contribution in [2.75, 3.05) is 0 Å². The van der Waals surface area contributed by atoms with Gasteiger partial charge < -0.3 is 0 Å². The molecule has 27 heavy (non-hydrogen) atoms. The van der Waals surface area contributed by atoms with Crippen LogP contribution in [0.25, 0.3) is 0 Å². The zero-order chi connectivity index (χ0) is 20.2. The molecule has 0 fully saturated rings. The van der Waals surface area contributed by atoms with Gasteiger partial charge in [0, 0.05) is 0 Å². The predicted octanol–water partition coefficient (Wildman–Crippen LogP) is 8.30. The molecular formula is C18H14F7PS. The van der Waals surface area contributed by atoms with E-state index in [4.69, 9.17) is 0 Å². The van der Waals surface area contributed by atoms with Crippen LogP contribution in [0.2, 0.25) is 0 Å². The smallest absolute Gasteiger partial charge is 0.201 e. The maximum Gasteiger partial charge on any atom is 0.202 e. The minimum Gasteiger partial charge on any atom is -0.201 e. The van der Waals surface area contributed by atoms with Gasteiger partial charge in [0.05, 0.1) is 0 Å². The fraction of sp³-hybridized carbons (Fsp3) is 0. The van der Waals surface area contributed by atoms with Crippen LogP contribution in [0.3, 0.4) is 0 Å². The number of benzene rings is 3. The van der Waals surface area contributed by atoms with Crippen LogP contribution in [-0.2, 0) is 10.9 Å². The minimum absolute atomic E-state index is 0.150. The summed E-state index contributed by atoms with van der Waals surface area (Å²) in [4.78, 5) is 3.00. The Morgan fingerprint density at radius 3 is 1.22 bits per heavy atom. The van der Waals surface area contributed by atoms with Gasteiger partial charge in [-0.05, 0) is 36.4 Å². The number of hydrogen-bond acceptors (Lipinski definition) is 0. The zero-order valence-corrected chi connectivity index (χ0v) is 15.3. The molecule has 3 aromatic carbocycles. The molecule has 146 valence electrons. The van der Waals surface area contributed by atoms with E-state index in [-0.39, 0.29) is 5.82 Å². The van der Waals surface area contributed by atoms with E-state index < -0.39 is 18.7 Å². The first-order chi connectivity index (χ1) is 12.3. The molecule has 0 nitrogen and oxygen atoms in total. The molecule has 0 aromatic heterocycles. The van der Waals surface area contributed by atoms with Crippen LogP contribution in [-0.4, -0.2) is 0 Å². The average Bonchev–Trinajstić information content (AvgIpc) is 2.56. The molecule has 0 aliphatic carbocycles. The maximum absolute atomic E-state index is 14.2. The van der Waals surface area contributed by atoms with Crippen molar-refractivity contribution >= 4 is 18.7 Å². The second kappa shape index (κ2) is 7.17. The second-order valence-corrected chi connectivity index (χ2v) is 9.23. The Balaban J connectivity index is 0.000000321. The zero-order valence-electron chi connectivity index (χ0n) is 13.6. The minimum atomic E-state index is -10.7. The molecule has 3 rings (SSSR count). The first-order valence-corrected chi connectivity index (χ1v) is 10.7. The quantitative estimate of drug-likeness (QED) is 0.224. The molecule has 0 saturated carbocycles. The van der Waals surface area contributed by atoms with Gasteiger partial charge in [-0.25, -0.2) is 4.39 Å². The Labute approximate surface area is 154 Å². The monoisotopic (exact) mass is 426 g/mol. The van der Waals surface area contributed by atoms with Gasteiger partial charge in [-0.3, -0.25) is 0 Å². The second-order valence-electron chi connectivity index (χ2n) is 5.32. The summed E-state index contributed by atoms with van der Waals surface area (Å²) in [6, 6.07) is 27.2. The van der Waals surface area contributed by atoms with Crippen molar-refractivity contribution in [3.05, 3.63) is 90.7 Å². The van der Waals surface area contributed by atoms with E-state index in [1.165, 1.54) is 6.07 Å². The Hall–Kier alpha value is -2.05. The van der Waals surface area contributed by atoms with E-state index >= 15 is 0 Å². The fourth-order valence-electron chi connectivity index (χ4n) is 2.11. The van der Waals surface area contributed by atoms with Crippen molar-refractivity contribution in [2.45, 2.75) is 14.7 Å². The summed E-state index contributed by atoms with van der Waals surface area (Å²) in [5, 5.41) is 0. The third kappa shape index (κ3) is 8.45. The predicted molar refractivity (Wildman–Crippen MR) is 95.0 cm³/mol. The van der Waals surface area contributed by atoms with Gasteiger partial charge in [-0.2, -0.15) is 0 Å². The van der Waals surface area contributed by atoms with Gasteiger partial charge in [0.2, 0.25) is 4.90 Å². The van der Waals surface area contributed by atoms with Crippen LogP contribution < -0.4 is 0 Å². The van der Waals surface area contributed by atoms with Gasteiger partial charge in [-0.15, -0.1) is 0 Å². The van der Waals surface area contributed by atoms with Gasteiger partial charge in [0.25, 0.3) is 0 Å². The molecule has 0 spiro atoms. The summed E-state index contributed by atoms with van der Waals surface area (Å²) >= 11 is 0. The van der Waals surface area contributed by atoms with E-state index in [1.54, 1.807) is 6.07 Å². The van der Waals surface area contributed by atoms with Crippen molar-refractivity contribution in [3.63, 3.8) is 0 Å². The molecule has 0 N–H and O–H groups in total. The molecule has 0 atom stereocenters. The number of hydrogen-bond donors (Lipinski definition) is 0. The Bertz CT molecular complexity index is 831. The fourth-order valence-corrected chi connectivity index (χ4v) is 4.23. The van der Waals surface area contributed by atoms with E-state index in [0.29, 0.717) is 0 Å². The van der Waals surface area contributed by atoms with Crippen LogP contribution in [0, 0.1) is 5.82 Å². The van der Waals surface area contributed by atoms with Crippen molar-refractivity contribution in [1.29, 1.82) is 0 Å². The maximum atomic E-state index is 14.2.